The van der Waals surface area contributed by atoms with Gasteiger partial charge in [0.2, 0.25) is 0 Å². The van der Waals surface area contributed by atoms with Gasteiger partial charge in [-0.05, 0) is 0 Å². The second kappa shape index (κ2) is 5.32. The lowest BCUT2D eigenvalue weighted by Gasteiger charge is -2.11. The zero-order valence-electron chi connectivity index (χ0n) is 9.85. The number of anilines is 1. The van der Waals surface area contributed by atoms with Gasteiger partial charge in [0, 0.05) is 0 Å². The highest BCUT2D eigenvalue weighted by atomic mass is 16.5. The maximum Gasteiger partial charge on any atom is 0.329 e. The summed E-state index contributed by atoms with van der Waals surface area (Å²) in [6.07, 6.45) is 7.42. The van der Waals surface area contributed by atoms with Gasteiger partial charge in [-0.3, -0.25) is 0 Å². The maximum absolute atomic E-state index is 10.4. The molecule has 0 aromatic carbocycles. The van der Waals surface area contributed by atoms with Crippen LogP contribution in [0.15, 0.2) is 12.7 Å². The molecule has 19 heavy (non-hydrogen) atoms. The van der Waals surface area contributed by atoms with E-state index in [9.17, 15) is 4.79 Å². The zero-order chi connectivity index (χ0) is 13.8. The van der Waals surface area contributed by atoms with Crippen LogP contribution in [0, 0.1) is 12.3 Å². The number of carboxylic acid groups (broad SMARTS) is 1. The fourth-order valence-electron chi connectivity index (χ4n) is 1.54. The van der Waals surface area contributed by atoms with Gasteiger partial charge >= 0.3 is 5.97 Å². The second-order valence-corrected chi connectivity index (χ2v) is 3.69. The topological polar surface area (TPSA) is 116 Å². The molecule has 0 unspecified atom stereocenters. The summed E-state index contributed by atoms with van der Waals surface area (Å²) in [5, 5.41) is 8.54. The Kier molecular flexibility index (Phi) is 3.58. The summed E-state index contributed by atoms with van der Waals surface area (Å²) in [4.78, 5) is 22.4. The number of imidazole rings is 1. The first-order valence-corrected chi connectivity index (χ1v) is 5.32. The summed E-state index contributed by atoms with van der Waals surface area (Å²) in [5.74, 6) is 1.56. The Balaban J connectivity index is 2.18. The minimum Gasteiger partial charge on any atom is -0.480 e. The van der Waals surface area contributed by atoms with Crippen LogP contribution in [-0.2, 0) is 16.1 Å². The maximum atomic E-state index is 10.4. The molecule has 0 amide bonds. The fraction of sp³-hybridized carbons (Fsp3) is 0.273. The Morgan fingerprint density at radius 1 is 1.58 bits per heavy atom. The number of nitrogens with zero attached hydrogens (tertiary/aromatic N) is 4. The number of nitrogen functional groups attached to an aromatic ring is 1. The smallest absolute Gasteiger partial charge is 0.329 e. The standard InChI is InChI=1S/C11H11N5O3/c1-2-7(19-4-8(17)18)3-16-6-15-9-10(12)13-5-14-11(9)16/h1,5-7H,3-4H2,(H,17,18)(H2,12,13,14)/t7-/m1/s1. The quantitative estimate of drug-likeness (QED) is 0.697. The number of ether oxygens (including phenoxy) is 1. The number of fused-ring (bicyclic) bond motifs is 1. The van der Waals surface area contributed by atoms with Crippen molar-refractivity contribution < 1.29 is 14.6 Å². The van der Waals surface area contributed by atoms with Crippen LogP contribution >= 0.6 is 0 Å². The van der Waals surface area contributed by atoms with Gasteiger partial charge in [-0.25, -0.2) is 19.7 Å². The Morgan fingerprint density at radius 3 is 3.05 bits per heavy atom. The minimum absolute atomic E-state index is 0.233. The summed E-state index contributed by atoms with van der Waals surface area (Å²) >= 11 is 0. The van der Waals surface area contributed by atoms with E-state index in [1.165, 1.54) is 12.7 Å². The first kappa shape index (κ1) is 12.8. The zero-order valence-corrected chi connectivity index (χ0v) is 9.85. The molecule has 0 spiro atoms. The highest BCUT2D eigenvalue weighted by molar-refractivity contribution is 5.81. The second-order valence-electron chi connectivity index (χ2n) is 3.69. The van der Waals surface area contributed by atoms with Crippen molar-refractivity contribution in [3.63, 3.8) is 0 Å². The first-order valence-electron chi connectivity index (χ1n) is 5.32. The highest BCUT2D eigenvalue weighted by Gasteiger charge is 2.13. The summed E-state index contributed by atoms with van der Waals surface area (Å²) in [6.45, 7) is -0.227. The highest BCUT2D eigenvalue weighted by Crippen LogP contribution is 2.14. The van der Waals surface area contributed by atoms with E-state index in [0.29, 0.717) is 11.2 Å². The normalized spacial score (nSPS) is 12.2. The summed E-state index contributed by atoms with van der Waals surface area (Å²) in [5.41, 5.74) is 6.64. The predicted molar refractivity (Wildman–Crippen MR) is 65.9 cm³/mol. The molecule has 0 aliphatic heterocycles. The molecule has 2 aromatic heterocycles. The van der Waals surface area contributed by atoms with E-state index in [4.69, 9.17) is 22.0 Å². The molecule has 0 radical (unpaired) electrons. The van der Waals surface area contributed by atoms with E-state index in [1.54, 1.807) is 4.57 Å². The van der Waals surface area contributed by atoms with Gasteiger partial charge in [0.1, 0.15) is 24.6 Å². The van der Waals surface area contributed by atoms with Gasteiger partial charge in [-0.2, -0.15) is 0 Å². The third-order valence-electron chi connectivity index (χ3n) is 2.39. The van der Waals surface area contributed by atoms with Gasteiger partial charge in [0.15, 0.2) is 11.5 Å². The summed E-state index contributed by atoms with van der Waals surface area (Å²) in [7, 11) is 0. The minimum atomic E-state index is -1.08. The van der Waals surface area contributed by atoms with Crippen molar-refractivity contribution in [1.29, 1.82) is 0 Å². The Labute approximate surface area is 108 Å². The molecule has 2 aromatic rings. The molecule has 3 N–H and O–H groups in total. The number of hydrogen-bond acceptors (Lipinski definition) is 6. The van der Waals surface area contributed by atoms with Crippen LogP contribution in [0.25, 0.3) is 11.2 Å². The third kappa shape index (κ3) is 2.78. The van der Waals surface area contributed by atoms with E-state index >= 15 is 0 Å². The number of carboxylic acids is 1. The van der Waals surface area contributed by atoms with Crippen molar-refractivity contribution in [3.05, 3.63) is 12.7 Å². The molecule has 98 valence electrons. The van der Waals surface area contributed by atoms with Crippen molar-refractivity contribution in [2.45, 2.75) is 12.6 Å². The van der Waals surface area contributed by atoms with Crippen LogP contribution in [0.3, 0.4) is 0 Å². The van der Waals surface area contributed by atoms with Gasteiger partial charge in [0.05, 0.1) is 12.9 Å². The van der Waals surface area contributed by atoms with E-state index < -0.39 is 18.7 Å². The number of aliphatic carboxylic acids is 1. The molecule has 1 atom stereocenters. The van der Waals surface area contributed by atoms with E-state index in [-0.39, 0.29) is 12.4 Å². The Morgan fingerprint density at radius 2 is 2.37 bits per heavy atom. The van der Waals surface area contributed by atoms with Crippen molar-refractivity contribution >= 4 is 23.0 Å². The number of hydrogen-bond donors (Lipinski definition) is 2. The number of nitrogens with two attached hydrogens (primary N) is 1. The molecule has 2 heterocycles. The molecule has 0 bridgehead atoms. The summed E-state index contributed by atoms with van der Waals surface area (Å²) in [6, 6.07) is 0. The molecule has 0 saturated heterocycles. The number of terminal acetylenes is 1. The Hall–Kier alpha value is -2.66. The van der Waals surface area contributed by atoms with Gasteiger partial charge < -0.3 is 20.1 Å². The number of carbonyl (C=O) groups is 1. The van der Waals surface area contributed by atoms with Crippen molar-refractivity contribution in [3.8, 4) is 12.3 Å². The molecule has 2 rings (SSSR count). The lowest BCUT2D eigenvalue weighted by molar-refractivity contribution is -0.143. The SMILES string of the molecule is C#C[C@H](Cn1cnc2c(N)ncnc21)OCC(=O)O. The summed E-state index contributed by atoms with van der Waals surface area (Å²) < 4.78 is 6.68. The molecule has 0 aliphatic carbocycles. The molecular weight excluding hydrogens is 250 g/mol. The fourth-order valence-corrected chi connectivity index (χ4v) is 1.54. The monoisotopic (exact) mass is 261 g/mol. The molecular formula is C11H11N5O3. The van der Waals surface area contributed by atoms with Crippen molar-refractivity contribution in [2.24, 2.45) is 0 Å². The lowest BCUT2D eigenvalue weighted by Crippen LogP contribution is -2.21. The van der Waals surface area contributed by atoms with Crippen molar-refractivity contribution in [1.82, 2.24) is 19.5 Å². The predicted octanol–water partition coefficient (Wildman–Crippen LogP) is -0.489. The molecule has 0 saturated carbocycles. The average Bonchev–Trinajstić information content (AvgIpc) is 2.79. The van der Waals surface area contributed by atoms with Gasteiger partial charge in [-0.1, -0.05) is 5.92 Å². The lowest BCUT2D eigenvalue weighted by atomic mass is 10.3. The van der Waals surface area contributed by atoms with Gasteiger partial charge in [0.25, 0.3) is 0 Å². The molecule has 0 aliphatic rings. The van der Waals surface area contributed by atoms with E-state index in [0.717, 1.165) is 0 Å². The Bertz CT molecular complexity index is 645. The number of aromatic nitrogens is 4. The van der Waals surface area contributed by atoms with E-state index in [1.807, 2.05) is 0 Å². The van der Waals surface area contributed by atoms with Gasteiger partial charge in [-0.15, -0.1) is 6.42 Å². The average molecular weight is 261 g/mol. The molecule has 8 heteroatoms. The van der Waals surface area contributed by atoms with Crippen molar-refractivity contribution in [2.75, 3.05) is 12.3 Å². The third-order valence-corrected chi connectivity index (χ3v) is 2.39. The van der Waals surface area contributed by atoms with Crippen LogP contribution in [0.2, 0.25) is 0 Å². The van der Waals surface area contributed by atoms with Crippen LogP contribution in [0.1, 0.15) is 0 Å². The van der Waals surface area contributed by atoms with Crippen LogP contribution < -0.4 is 5.73 Å². The number of rotatable bonds is 5. The first-order chi connectivity index (χ1) is 9.11. The molecule has 0 fully saturated rings. The van der Waals surface area contributed by atoms with E-state index in [2.05, 4.69) is 20.9 Å². The van der Waals surface area contributed by atoms with Crippen LogP contribution in [-0.4, -0.2) is 43.3 Å². The van der Waals surface area contributed by atoms with Crippen LogP contribution in [0.5, 0.6) is 0 Å². The van der Waals surface area contributed by atoms with Crippen LogP contribution in [0.4, 0.5) is 5.82 Å². The largest absolute Gasteiger partial charge is 0.480 e. The molecule has 8 nitrogen and oxygen atoms in total.